The number of nitrogens with two attached hydrogens (primary N) is 1. The van der Waals surface area contributed by atoms with Crippen molar-refractivity contribution in [3.8, 4) is 5.75 Å². The van der Waals surface area contributed by atoms with Crippen molar-refractivity contribution < 1.29 is 9.13 Å². The molecule has 1 atom stereocenters. The van der Waals surface area contributed by atoms with Gasteiger partial charge < -0.3 is 10.5 Å². The van der Waals surface area contributed by atoms with E-state index in [4.69, 9.17) is 10.5 Å². The Labute approximate surface area is 90.2 Å². The van der Waals surface area contributed by atoms with E-state index in [2.05, 4.69) is 6.92 Å². The third kappa shape index (κ3) is 4.30. The van der Waals surface area contributed by atoms with Crippen LogP contribution in [-0.2, 0) is 0 Å². The van der Waals surface area contributed by atoms with E-state index in [1.165, 1.54) is 6.07 Å². The molecule has 1 rings (SSSR count). The van der Waals surface area contributed by atoms with Gasteiger partial charge in [-0.25, -0.2) is 4.39 Å². The van der Waals surface area contributed by atoms with Crippen LogP contribution in [0.15, 0.2) is 24.3 Å². The van der Waals surface area contributed by atoms with Gasteiger partial charge in [0.25, 0.3) is 0 Å². The zero-order chi connectivity index (χ0) is 11.1. The molecule has 0 heterocycles. The SMILES string of the molecule is CCC(N)CCCOc1ccccc1F. The van der Waals surface area contributed by atoms with Gasteiger partial charge >= 0.3 is 0 Å². The van der Waals surface area contributed by atoms with Gasteiger partial charge in [0, 0.05) is 6.04 Å². The summed E-state index contributed by atoms with van der Waals surface area (Å²) in [4.78, 5) is 0. The zero-order valence-corrected chi connectivity index (χ0v) is 9.08. The summed E-state index contributed by atoms with van der Waals surface area (Å²) in [5.41, 5.74) is 5.75. The number of para-hydroxylation sites is 1. The maximum absolute atomic E-state index is 13.1. The summed E-state index contributed by atoms with van der Waals surface area (Å²) in [6, 6.07) is 6.67. The van der Waals surface area contributed by atoms with Crippen molar-refractivity contribution in [3.05, 3.63) is 30.1 Å². The molecule has 1 aromatic carbocycles. The van der Waals surface area contributed by atoms with E-state index >= 15 is 0 Å². The van der Waals surface area contributed by atoms with E-state index in [0.717, 1.165) is 19.3 Å². The van der Waals surface area contributed by atoms with E-state index < -0.39 is 0 Å². The summed E-state index contributed by atoms with van der Waals surface area (Å²) in [5, 5.41) is 0. The van der Waals surface area contributed by atoms with Crippen LogP contribution in [0.2, 0.25) is 0 Å². The third-order valence-corrected chi connectivity index (χ3v) is 2.34. The van der Waals surface area contributed by atoms with Crippen molar-refractivity contribution >= 4 is 0 Å². The van der Waals surface area contributed by atoms with Gasteiger partial charge in [0.2, 0.25) is 0 Å². The lowest BCUT2D eigenvalue weighted by molar-refractivity contribution is 0.287. The summed E-state index contributed by atoms with van der Waals surface area (Å²) >= 11 is 0. The number of hydrogen-bond donors (Lipinski definition) is 1. The van der Waals surface area contributed by atoms with Crippen LogP contribution in [-0.4, -0.2) is 12.6 Å². The monoisotopic (exact) mass is 211 g/mol. The van der Waals surface area contributed by atoms with Crippen molar-refractivity contribution in [3.63, 3.8) is 0 Å². The Morgan fingerprint density at radius 1 is 1.40 bits per heavy atom. The van der Waals surface area contributed by atoms with Gasteiger partial charge in [-0.1, -0.05) is 19.1 Å². The Bertz CT molecular complexity index is 291. The van der Waals surface area contributed by atoms with Crippen LogP contribution in [0.3, 0.4) is 0 Å². The second kappa shape index (κ2) is 6.40. The highest BCUT2D eigenvalue weighted by Crippen LogP contribution is 2.15. The lowest BCUT2D eigenvalue weighted by atomic mass is 10.1. The normalized spacial score (nSPS) is 12.5. The Hall–Kier alpha value is -1.09. The van der Waals surface area contributed by atoms with Crippen molar-refractivity contribution in [1.29, 1.82) is 0 Å². The van der Waals surface area contributed by atoms with Crippen LogP contribution in [0.4, 0.5) is 4.39 Å². The summed E-state index contributed by atoms with van der Waals surface area (Å²) in [6.07, 6.45) is 2.76. The molecule has 2 N–H and O–H groups in total. The molecule has 84 valence electrons. The molecular weight excluding hydrogens is 193 g/mol. The van der Waals surface area contributed by atoms with Gasteiger partial charge in [0.05, 0.1) is 6.61 Å². The maximum Gasteiger partial charge on any atom is 0.165 e. The van der Waals surface area contributed by atoms with Gasteiger partial charge in [-0.05, 0) is 31.4 Å². The fourth-order valence-corrected chi connectivity index (χ4v) is 1.29. The first-order valence-electron chi connectivity index (χ1n) is 5.37. The van der Waals surface area contributed by atoms with Gasteiger partial charge in [0.1, 0.15) is 0 Å². The third-order valence-electron chi connectivity index (χ3n) is 2.34. The van der Waals surface area contributed by atoms with Crippen molar-refractivity contribution in [1.82, 2.24) is 0 Å². The van der Waals surface area contributed by atoms with Crippen molar-refractivity contribution in [2.24, 2.45) is 5.73 Å². The fourth-order valence-electron chi connectivity index (χ4n) is 1.29. The van der Waals surface area contributed by atoms with E-state index in [-0.39, 0.29) is 11.9 Å². The van der Waals surface area contributed by atoms with Gasteiger partial charge in [-0.15, -0.1) is 0 Å². The highest BCUT2D eigenvalue weighted by molar-refractivity contribution is 5.23. The predicted octanol–water partition coefficient (Wildman–Crippen LogP) is 2.72. The van der Waals surface area contributed by atoms with Crippen LogP contribution < -0.4 is 10.5 Å². The first-order valence-corrected chi connectivity index (χ1v) is 5.37. The lowest BCUT2D eigenvalue weighted by Gasteiger charge is -2.09. The summed E-state index contributed by atoms with van der Waals surface area (Å²) in [6.45, 7) is 2.58. The van der Waals surface area contributed by atoms with Crippen LogP contribution in [0.1, 0.15) is 26.2 Å². The minimum atomic E-state index is -0.308. The van der Waals surface area contributed by atoms with Crippen LogP contribution in [0.5, 0.6) is 5.75 Å². The Kier molecular flexibility index (Phi) is 5.12. The standard InChI is InChI=1S/C12H18FNO/c1-2-10(14)6-5-9-15-12-8-4-3-7-11(12)13/h3-4,7-8,10H,2,5-6,9,14H2,1H3. The first-order chi connectivity index (χ1) is 7.24. The van der Waals surface area contributed by atoms with Crippen LogP contribution >= 0.6 is 0 Å². The smallest absolute Gasteiger partial charge is 0.165 e. The molecule has 1 unspecified atom stereocenters. The van der Waals surface area contributed by atoms with E-state index in [1.54, 1.807) is 18.2 Å². The topological polar surface area (TPSA) is 35.2 Å². The number of benzene rings is 1. The number of ether oxygens (including phenoxy) is 1. The molecule has 0 bridgehead atoms. The minimum Gasteiger partial charge on any atom is -0.491 e. The number of halogens is 1. The first kappa shape index (κ1) is 12.0. The lowest BCUT2D eigenvalue weighted by Crippen LogP contribution is -2.19. The van der Waals surface area contributed by atoms with Crippen LogP contribution in [0.25, 0.3) is 0 Å². The molecule has 0 aliphatic rings. The molecule has 0 aromatic heterocycles. The second-order valence-electron chi connectivity index (χ2n) is 3.59. The van der Waals surface area contributed by atoms with Crippen molar-refractivity contribution in [2.75, 3.05) is 6.61 Å². The molecular formula is C12H18FNO. The van der Waals surface area contributed by atoms with Crippen LogP contribution in [0, 0.1) is 5.82 Å². The molecule has 0 aliphatic heterocycles. The molecule has 15 heavy (non-hydrogen) atoms. The number of rotatable bonds is 6. The Balaban J connectivity index is 2.23. The summed E-state index contributed by atoms with van der Waals surface area (Å²) < 4.78 is 18.4. The van der Waals surface area contributed by atoms with E-state index in [9.17, 15) is 4.39 Å². The highest BCUT2D eigenvalue weighted by Gasteiger charge is 2.02. The fraction of sp³-hybridized carbons (Fsp3) is 0.500. The van der Waals surface area contributed by atoms with E-state index in [1.807, 2.05) is 0 Å². The number of hydrogen-bond acceptors (Lipinski definition) is 2. The largest absolute Gasteiger partial charge is 0.491 e. The maximum atomic E-state index is 13.1. The quantitative estimate of drug-likeness (QED) is 0.734. The molecule has 0 spiro atoms. The minimum absolute atomic E-state index is 0.231. The average molecular weight is 211 g/mol. The Morgan fingerprint density at radius 3 is 2.80 bits per heavy atom. The molecule has 0 aliphatic carbocycles. The second-order valence-corrected chi connectivity index (χ2v) is 3.59. The molecule has 0 saturated heterocycles. The Morgan fingerprint density at radius 2 is 2.13 bits per heavy atom. The van der Waals surface area contributed by atoms with Gasteiger partial charge in [-0.3, -0.25) is 0 Å². The highest BCUT2D eigenvalue weighted by atomic mass is 19.1. The molecule has 0 amide bonds. The summed E-state index contributed by atoms with van der Waals surface area (Å²) in [5.74, 6) is 0.0138. The molecule has 2 nitrogen and oxygen atoms in total. The van der Waals surface area contributed by atoms with Gasteiger partial charge in [0.15, 0.2) is 11.6 Å². The molecule has 0 radical (unpaired) electrons. The molecule has 3 heteroatoms. The summed E-state index contributed by atoms with van der Waals surface area (Å²) in [7, 11) is 0. The zero-order valence-electron chi connectivity index (χ0n) is 9.08. The van der Waals surface area contributed by atoms with Crippen molar-refractivity contribution in [2.45, 2.75) is 32.2 Å². The van der Waals surface area contributed by atoms with Gasteiger partial charge in [-0.2, -0.15) is 0 Å². The molecule has 1 aromatic rings. The average Bonchev–Trinajstić information content (AvgIpc) is 2.26. The predicted molar refractivity (Wildman–Crippen MR) is 59.4 cm³/mol. The van der Waals surface area contributed by atoms with E-state index in [0.29, 0.717) is 12.4 Å². The molecule has 0 fully saturated rings. The molecule has 0 saturated carbocycles.